The van der Waals surface area contributed by atoms with Gasteiger partial charge in [-0.15, -0.1) is 0 Å². The van der Waals surface area contributed by atoms with Crippen LogP contribution in [0.5, 0.6) is 0 Å². The number of nitrogens with zero attached hydrogens (tertiary/aromatic N) is 5. The van der Waals surface area contributed by atoms with E-state index in [0.717, 1.165) is 53.7 Å². The van der Waals surface area contributed by atoms with Gasteiger partial charge >= 0.3 is 0 Å². The smallest absolute Gasteiger partial charge is 0.179 e. The van der Waals surface area contributed by atoms with Crippen molar-refractivity contribution in [2.45, 2.75) is 0 Å². The third kappa shape index (κ3) is 5.44. The Labute approximate surface area is 349 Å². The fraction of sp³-hybridized carbons (Fsp3) is 0. The van der Waals surface area contributed by atoms with Crippen LogP contribution < -0.4 is 20.7 Å². The molecule has 0 aliphatic heterocycles. The number of hydrogen-bond acceptors (Lipinski definition) is 3. The molecule has 0 bridgehead atoms. The van der Waals surface area contributed by atoms with E-state index in [2.05, 4.69) is 6.07 Å². The molecule has 6 heteroatoms. The number of aromatic nitrogens is 4. The highest BCUT2D eigenvalue weighted by Crippen LogP contribution is 2.36. The molecule has 0 radical (unpaired) electrons. The SMILES string of the molecule is [2H]c1c(-n2c3ccccc3c3ccccc32)nc(-c2c([2H])c([2H])c([2H])c([Si](c3ccccc3)(c3ccccc3)c3ccccc3)c2[2H])nc1-n1c2ccccc2c2cc(C#N)ccc21. The maximum atomic E-state index is 10.4. The van der Waals surface area contributed by atoms with Gasteiger partial charge in [-0.05, 0) is 57.1 Å². The van der Waals surface area contributed by atoms with Crippen LogP contribution >= 0.6 is 0 Å². The quantitative estimate of drug-likeness (QED) is 0.120. The molecule has 5 nitrogen and oxygen atoms in total. The van der Waals surface area contributed by atoms with Crippen molar-refractivity contribution in [2.75, 3.05) is 0 Å². The van der Waals surface area contributed by atoms with Crippen LogP contribution in [0.3, 0.4) is 0 Å². The molecule has 0 atom stereocenters. The molecule has 0 saturated carbocycles. The van der Waals surface area contributed by atoms with Crippen molar-refractivity contribution < 1.29 is 6.85 Å². The normalized spacial score (nSPS) is 12.9. The molecule has 0 unspecified atom stereocenters. The molecular weight excluding hydrogens is 735 g/mol. The van der Waals surface area contributed by atoms with E-state index in [0.29, 0.717) is 16.3 Å². The Morgan fingerprint density at radius 2 is 0.898 bits per heavy atom. The van der Waals surface area contributed by atoms with Gasteiger partial charge in [0.15, 0.2) is 13.9 Å². The lowest BCUT2D eigenvalue weighted by atomic mass is 10.1. The lowest BCUT2D eigenvalue weighted by Crippen LogP contribution is -2.74. The first kappa shape index (κ1) is 29.4. The van der Waals surface area contributed by atoms with E-state index in [4.69, 9.17) is 9.97 Å². The Morgan fingerprint density at radius 1 is 0.458 bits per heavy atom. The Balaban J connectivity index is 1.31. The van der Waals surface area contributed by atoms with Crippen molar-refractivity contribution in [3.8, 4) is 29.1 Å². The summed E-state index contributed by atoms with van der Waals surface area (Å²) >= 11 is 0. The third-order valence-electron chi connectivity index (χ3n) is 11.3. The van der Waals surface area contributed by atoms with Gasteiger partial charge in [0.1, 0.15) is 11.6 Å². The minimum Gasteiger partial charge on any atom is -0.294 e. The first-order valence-electron chi connectivity index (χ1n) is 21.9. The Morgan fingerprint density at radius 3 is 1.39 bits per heavy atom. The van der Waals surface area contributed by atoms with Crippen molar-refractivity contribution in [3.05, 3.63) is 218 Å². The van der Waals surface area contributed by atoms with E-state index >= 15 is 0 Å². The van der Waals surface area contributed by atoms with Crippen LogP contribution in [0.4, 0.5) is 0 Å². The van der Waals surface area contributed by atoms with Gasteiger partial charge in [-0.25, -0.2) is 9.97 Å². The van der Waals surface area contributed by atoms with E-state index in [1.165, 1.54) is 0 Å². The van der Waals surface area contributed by atoms with Gasteiger partial charge in [0.2, 0.25) is 0 Å². The molecule has 3 aromatic heterocycles. The molecule has 11 rings (SSSR count). The van der Waals surface area contributed by atoms with Crippen molar-refractivity contribution >= 4 is 72.4 Å². The van der Waals surface area contributed by atoms with Crippen molar-refractivity contribution in [1.82, 2.24) is 19.1 Å². The summed E-state index contributed by atoms with van der Waals surface area (Å²) in [5, 5.41) is 16.6. The summed E-state index contributed by atoms with van der Waals surface area (Å²) in [5.74, 6) is 0.387. The summed E-state index contributed by atoms with van der Waals surface area (Å²) in [7, 11) is -3.61. The first-order chi connectivity index (χ1) is 31.3. The Bertz CT molecular complexity index is 3550. The highest BCUT2D eigenvalue weighted by atomic mass is 28.3. The predicted molar refractivity (Wildman–Crippen MR) is 244 cm³/mol. The van der Waals surface area contributed by atoms with Crippen molar-refractivity contribution in [3.63, 3.8) is 0 Å². The average Bonchev–Trinajstić information content (AvgIpc) is 3.86. The summed E-state index contributed by atoms with van der Waals surface area (Å²) in [5.41, 5.74) is 3.53. The molecule has 0 aliphatic carbocycles. The maximum Gasteiger partial charge on any atom is 0.179 e. The van der Waals surface area contributed by atoms with Gasteiger partial charge in [-0.3, -0.25) is 9.13 Å². The minimum absolute atomic E-state index is 0.00790. The lowest BCUT2D eigenvalue weighted by molar-refractivity contribution is 0.994. The summed E-state index contributed by atoms with van der Waals surface area (Å²) in [6.07, 6.45) is 0. The number of para-hydroxylation sites is 3. The topological polar surface area (TPSA) is 59.4 Å². The molecule has 0 fully saturated rings. The van der Waals surface area contributed by atoms with Gasteiger partial charge in [0.25, 0.3) is 0 Å². The number of benzene rings is 8. The second kappa shape index (κ2) is 14.0. The molecule has 0 saturated heterocycles. The Hall–Kier alpha value is -7.85. The van der Waals surface area contributed by atoms with E-state index in [1.54, 1.807) is 6.07 Å². The van der Waals surface area contributed by atoms with Gasteiger partial charge in [-0.2, -0.15) is 5.26 Å². The van der Waals surface area contributed by atoms with Crippen LogP contribution in [0.2, 0.25) is 0 Å². The zero-order chi connectivity index (χ0) is 43.7. The van der Waals surface area contributed by atoms with Gasteiger partial charge in [0.05, 0.1) is 40.6 Å². The zero-order valence-corrected chi connectivity index (χ0v) is 32.6. The molecule has 0 aliphatic rings. The minimum atomic E-state index is -3.61. The predicted octanol–water partition coefficient (Wildman–Crippen LogP) is 9.59. The number of rotatable bonds is 7. The number of fused-ring (bicyclic) bond motifs is 6. The monoisotopic (exact) mass is 774 g/mol. The van der Waals surface area contributed by atoms with Crippen LogP contribution in [0.1, 0.15) is 12.4 Å². The molecule has 0 spiro atoms. The number of hydrogen-bond donors (Lipinski definition) is 0. The van der Waals surface area contributed by atoms with E-state index < -0.39 is 8.07 Å². The van der Waals surface area contributed by atoms with Gasteiger partial charge in [0, 0.05) is 33.2 Å². The summed E-state index contributed by atoms with van der Waals surface area (Å²) < 4.78 is 53.4. The third-order valence-corrected chi connectivity index (χ3v) is 15.9. The summed E-state index contributed by atoms with van der Waals surface area (Å²) in [4.78, 5) is 10.4. The van der Waals surface area contributed by atoms with Crippen LogP contribution in [-0.4, -0.2) is 27.2 Å². The van der Waals surface area contributed by atoms with Crippen LogP contribution in [-0.2, 0) is 0 Å². The van der Waals surface area contributed by atoms with Crippen LogP contribution in [0.15, 0.2) is 212 Å². The highest BCUT2D eigenvalue weighted by Gasteiger charge is 2.41. The standard InChI is InChI=1S/C53H35N5Si/c54-36-37-31-32-50-46(33-37)45-27-12-15-30-49(45)58(50)52-35-51(57-47-28-13-10-25-43(47)44-26-11-14-29-48(44)57)55-53(56-52)38-17-16-24-42(34-38)59(39-18-4-1-5-19-39,40-20-6-2-7-21-40)41-22-8-3-9-23-41/h1-35H/i16D,17D,24D,34D,35D. The molecule has 11 aromatic rings. The summed E-state index contributed by atoms with van der Waals surface area (Å²) in [6, 6.07) is 60.2. The summed E-state index contributed by atoms with van der Waals surface area (Å²) in [6.45, 7) is 0. The van der Waals surface area contributed by atoms with Gasteiger partial charge < -0.3 is 0 Å². The van der Waals surface area contributed by atoms with E-state index in [1.807, 2.05) is 185 Å². The van der Waals surface area contributed by atoms with E-state index in [9.17, 15) is 12.1 Å². The van der Waals surface area contributed by atoms with E-state index in [-0.39, 0.29) is 53.2 Å². The molecular formula is C53H35N5Si. The molecule has 0 N–H and O–H groups in total. The molecule has 276 valence electrons. The first-order valence-corrected chi connectivity index (χ1v) is 21.4. The fourth-order valence-corrected chi connectivity index (χ4v) is 13.3. The second-order valence-electron chi connectivity index (χ2n) is 14.5. The Kier molecular flexibility index (Phi) is 6.96. The lowest BCUT2D eigenvalue weighted by Gasteiger charge is -2.34. The van der Waals surface area contributed by atoms with Gasteiger partial charge in [-0.1, -0.05) is 170 Å². The number of nitriles is 1. The van der Waals surface area contributed by atoms with Crippen LogP contribution in [0, 0.1) is 11.3 Å². The van der Waals surface area contributed by atoms with Crippen molar-refractivity contribution in [2.24, 2.45) is 0 Å². The zero-order valence-electron chi connectivity index (χ0n) is 36.6. The van der Waals surface area contributed by atoms with Crippen LogP contribution in [0.25, 0.3) is 66.6 Å². The maximum absolute atomic E-state index is 10.4. The second-order valence-corrected chi connectivity index (χ2v) is 18.2. The molecule has 8 aromatic carbocycles. The largest absolute Gasteiger partial charge is 0.294 e. The average molecular weight is 775 g/mol. The highest BCUT2D eigenvalue weighted by molar-refractivity contribution is 7.19. The van der Waals surface area contributed by atoms with Crippen molar-refractivity contribution in [1.29, 1.82) is 5.26 Å². The molecule has 59 heavy (non-hydrogen) atoms. The molecule has 3 heterocycles. The fourth-order valence-electron chi connectivity index (χ4n) is 8.77. The molecule has 0 amide bonds.